The molecule has 1 atom stereocenters. The average Bonchev–Trinajstić information content (AvgIpc) is 2.89. The van der Waals surface area contributed by atoms with Crippen LogP contribution in [0.4, 0.5) is 18.9 Å². The Morgan fingerprint density at radius 3 is 2.71 bits per heavy atom. The van der Waals surface area contributed by atoms with Crippen molar-refractivity contribution in [2.24, 2.45) is 5.73 Å². The van der Waals surface area contributed by atoms with Gasteiger partial charge in [0.15, 0.2) is 0 Å². The van der Waals surface area contributed by atoms with E-state index in [-0.39, 0.29) is 30.6 Å². The summed E-state index contributed by atoms with van der Waals surface area (Å²) < 4.78 is 38.4. The van der Waals surface area contributed by atoms with Crippen molar-refractivity contribution >= 4 is 11.6 Å². The van der Waals surface area contributed by atoms with Gasteiger partial charge >= 0.3 is 6.18 Å². The molecule has 1 aliphatic rings. The normalized spacial score (nSPS) is 18.8. The first kappa shape index (κ1) is 15.8. The second-order valence-corrected chi connectivity index (χ2v) is 5.17. The van der Waals surface area contributed by atoms with Crippen molar-refractivity contribution in [1.82, 2.24) is 5.32 Å². The molecule has 21 heavy (non-hydrogen) atoms. The van der Waals surface area contributed by atoms with Crippen LogP contribution in [0.5, 0.6) is 0 Å². The smallest absolute Gasteiger partial charge is 0.326 e. The van der Waals surface area contributed by atoms with Gasteiger partial charge in [0.25, 0.3) is 0 Å². The van der Waals surface area contributed by atoms with Crippen LogP contribution in [0.3, 0.4) is 0 Å². The predicted octanol–water partition coefficient (Wildman–Crippen LogP) is 2.24. The van der Waals surface area contributed by atoms with Crippen LogP contribution in [0.15, 0.2) is 18.2 Å². The molecule has 1 aromatic rings. The summed E-state index contributed by atoms with van der Waals surface area (Å²) in [5, 5.41) is 5.69. The van der Waals surface area contributed by atoms with Gasteiger partial charge in [-0.05, 0) is 43.1 Å². The average molecular weight is 301 g/mol. The number of rotatable bonds is 4. The van der Waals surface area contributed by atoms with Gasteiger partial charge < -0.3 is 16.4 Å². The fourth-order valence-corrected chi connectivity index (χ4v) is 2.41. The SMILES string of the molecule is NCc1cc(NC(=O)CC2CCCN2)cc(C(F)(F)F)c1. The van der Waals surface area contributed by atoms with Crippen LogP contribution in [-0.4, -0.2) is 18.5 Å². The number of halogens is 3. The second kappa shape index (κ2) is 6.44. The number of alkyl halides is 3. The fraction of sp³-hybridized carbons (Fsp3) is 0.500. The minimum atomic E-state index is -4.46. The number of anilines is 1. The lowest BCUT2D eigenvalue weighted by atomic mass is 10.1. The van der Waals surface area contributed by atoms with Crippen molar-refractivity contribution in [3.63, 3.8) is 0 Å². The molecule has 0 spiro atoms. The van der Waals surface area contributed by atoms with Gasteiger partial charge in [-0.2, -0.15) is 13.2 Å². The van der Waals surface area contributed by atoms with Crippen LogP contribution < -0.4 is 16.4 Å². The lowest BCUT2D eigenvalue weighted by molar-refractivity contribution is -0.137. The highest BCUT2D eigenvalue weighted by atomic mass is 19.4. The van der Waals surface area contributed by atoms with Crippen molar-refractivity contribution in [2.75, 3.05) is 11.9 Å². The van der Waals surface area contributed by atoms with Crippen LogP contribution in [0.25, 0.3) is 0 Å². The largest absolute Gasteiger partial charge is 0.416 e. The zero-order valence-electron chi connectivity index (χ0n) is 11.5. The molecule has 0 aromatic heterocycles. The third kappa shape index (κ3) is 4.44. The third-order valence-electron chi connectivity index (χ3n) is 3.43. The summed E-state index contributed by atoms with van der Waals surface area (Å²) in [6.07, 6.45) is -2.28. The van der Waals surface area contributed by atoms with E-state index in [1.54, 1.807) is 0 Å². The number of nitrogens with two attached hydrogens (primary N) is 1. The monoisotopic (exact) mass is 301 g/mol. The Bertz CT molecular complexity index is 511. The molecule has 116 valence electrons. The number of hydrogen-bond acceptors (Lipinski definition) is 3. The third-order valence-corrected chi connectivity index (χ3v) is 3.43. The molecule has 1 aromatic carbocycles. The highest BCUT2D eigenvalue weighted by Crippen LogP contribution is 2.32. The number of carbonyl (C=O) groups is 1. The van der Waals surface area contributed by atoms with Gasteiger partial charge in [-0.15, -0.1) is 0 Å². The summed E-state index contributed by atoms with van der Waals surface area (Å²) in [5.41, 5.74) is 5.06. The Morgan fingerprint density at radius 2 is 2.14 bits per heavy atom. The number of nitrogens with one attached hydrogen (secondary N) is 2. The molecule has 0 saturated carbocycles. The maximum Gasteiger partial charge on any atom is 0.416 e. The van der Waals surface area contributed by atoms with E-state index in [9.17, 15) is 18.0 Å². The summed E-state index contributed by atoms with van der Waals surface area (Å²) in [7, 11) is 0. The number of hydrogen-bond donors (Lipinski definition) is 3. The highest BCUT2D eigenvalue weighted by Gasteiger charge is 2.31. The van der Waals surface area contributed by atoms with E-state index < -0.39 is 11.7 Å². The van der Waals surface area contributed by atoms with Gasteiger partial charge in [0.2, 0.25) is 5.91 Å². The standard InChI is InChI=1S/C14H18F3N3O/c15-14(16,17)10-4-9(8-18)5-12(6-10)20-13(21)7-11-2-1-3-19-11/h4-6,11,19H,1-3,7-8,18H2,(H,20,21). The van der Waals surface area contributed by atoms with Crippen LogP contribution in [0.1, 0.15) is 30.4 Å². The van der Waals surface area contributed by atoms with Crippen LogP contribution in [-0.2, 0) is 17.5 Å². The van der Waals surface area contributed by atoms with Gasteiger partial charge in [-0.1, -0.05) is 0 Å². The lowest BCUT2D eigenvalue weighted by Gasteiger charge is -2.14. The molecule has 0 bridgehead atoms. The molecular formula is C14H18F3N3O. The molecule has 1 fully saturated rings. The zero-order valence-corrected chi connectivity index (χ0v) is 11.5. The summed E-state index contributed by atoms with van der Waals surface area (Å²) >= 11 is 0. The Labute approximate surface area is 120 Å². The fourth-order valence-electron chi connectivity index (χ4n) is 2.41. The topological polar surface area (TPSA) is 67.1 Å². The molecule has 0 radical (unpaired) electrons. The summed E-state index contributed by atoms with van der Waals surface area (Å²) in [4.78, 5) is 11.9. The maximum absolute atomic E-state index is 12.8. The molecule has 4 N–H and O–H groups in total. The molecule has 1 amide bonds. The summed E-state index contributed by atoms with van der Waals surface area (Å²) in [6, 6.07) is 3.49. The number of benzene rings is 1. The molecule has 1 saturated heterocycles. The highest BCUT2D eigenvalue weighted by molar-refractivity contribution is 5.91. The van der Waals surface area contributed by atoms with Crippen molar-refractivity contribution < 1.29 is 18.0 Å². The van der Waals surface area contributed by atoms with E-state index in [0.29, 0.717) is 5.56 Å². The van der Waals surface area contributed by atoms with Crippen molar-refractivity contribution in [1.29, 1.82) is 0 Å². The molecule has 2 rings (SSSR count). The Kier molecular flexibility index (Phi) is 4.84. The van der Waals surface area contributed by atoms with Gasteiger partial charge in [0, 0.05) is 24.7 Å². The predicted molar refractivity (Wildman–Crippen MR) is 73.6 cm³/mol. The molecule has 1 aliphatic heterocycles. The Morgan fingerprint density at radius 1 is 1.38 bits per heavy atom. The number of carbonyl (C=O) groups excluding carboxylic acids is 1. The van der Waals surface area contributed by atoms with Crippen molar-refractivity contribution in [2.45, 2.75) is 38.0 Å². The minimum absolute atomic E-state index is 0.0169. The van der Waals surface area contributed by atoms with Crippen molar-refractivity contribution in [3.8, 4) is 0 Å². The molecule has 0 aliphatic carbocycles. The molecular weight excluding hydrogens is 283 g/mol. The van der Waals surface area contributed by atoms with E-state index in [2.05, 4.69) is 10.6 Å². The van der Waals surface area contributed by atoms with Crippen LogP contribution in [0, 0.1) is 0 Å². The molecule has 7 heteroatoms. The first-order chi connectivity index (χ1) is 9.88. The van der Waals surface area contributed by atoms with E-state index in [1.165, 1.54) is 6.07 Å². The first-order valence-electron chi connectivity index (χ1n) is 6.83. The quantitative estimate of drug-likeness (QED) is 0.799. The van der Waals surface area contributed by atoms with Gasteiger partial charge in [0.05, 0.1) is 5.56 Å². The maximum atomic E-state index is 12.8. The second-order valence-electron chi connectivity index (χ2n) is 5.17. The van der Waals surface area contributed by atoms with E-state index in [1.807, 2.05) is 0 Å². The Balaban J connectivity index is 2.09. The molecule has 1 heterocycles. The zero-order chi connectivity index (χ0) is 15.5. The van der Waals surface area contributed by atoms with E-state index >= 15 is 0 Å². The van der Waals surface area contributed by atoms with E-state index in [0.717, 1.165) is 31.5 Å². The van der Waals surface area contributed by atoms with E-state index in [4.69, 9.17) is 5.73 Å². The molecule has 4 nitrogen and oxygen atoms in total. The first-order valence-corrected chi connectivity index (χ1v) is 6.83. The van der Waals surface area contributed by atoms with Gasteiger partial charge in [-0.25, -0.2) is 0 Å². The van der Waals surface area contributed by atoms with Crippen molar-refractivity contribution in [3.05, 3.63) is 29.3 Å². The lowest BCUT2D eigenvalue weighted by Crippen LogP contribution is -2.27. The Hall–Kier alpha value is -1.60. The van der Waals surface area contributed by atoms with Gasteiger partial charge in [-0.3, -0.25) is 4.79 Å². The van der Waals surface area contributed by atoms with Crippen LogP contribution >= 0.6 is 0 Å². The summed E-state index contributed by atoms with van der Waals surface area (Å²) in [5.74, 6) is -0.295. The minimum Gasteiger partial charge on any atom is -0.326 e. The summed E-state index contributed by atoms with van der Waals surface area (Å²) in [6.45, 7) is 0.857. The van der Waals surface area contributed by atoms with Gasteiger partial charge in [0.1, 0.15) is 0 Å². The number of amides is 1. The van der Waals surface area contributed by atoms with Crippen LogP contribution in [0.2, 0.25) is 0 Å². The molecule has 1 unspecified atom stereocenters.